The Labute approximate surface area is 266 Å². The van der Waals surface area contributed by atoms with Gasteiger partial charge in [-0.3, -0.25) is 9.10 Å². The van der Waals surface area contributed by atoms with Crippen molar-refractivity contribution in [2.75, 3.05) is 38.7 Å². The Balaban J connectivity index is 1.54. The highest BCUT2D eigenvalue weighted by molar-refractivity contribution is 7.92. The lowest BCUT2D eigenvalue weighted by Gasteiger charge is -2.32. The molecule has 4 aromatic rings. The second kappa shape index (κ2) is 14.6. The smallest absolute Gasteiger partial charge is 0.264 e. The minimum Gasteiger partial charge on any atom is -0.493 e. The molecule has 12 heteroatoms. The van der Waals surface area contributed by atoms with E-state index in [1.807, 2.05) is 0 Å². The number of hydrogen-bond donors (Lipinski definition) is 0. The summed E-state index contributed by atoms with van der Waals surface area (Å²) in [4.78, 5) is 14.4. The van der Waals surface area contributed by atoms with Gasteiger partial charge in [0.2, 0.25) is 0 Å². The number of carbonyl (C=O) groups is 1. The SMILES string of the molecule is COc1ccc(C(=O)N(C)CCCOc2ccccc2C(C)N(c2cc(F)ccc2F)S(=O)(=O)c2ccc(Cl)cc2)cc1OC. The van der Waals surface area contributed by atoms with Crippen molar-refractivity contribution in [3.63, 3.8) is 0 Å². The van der Waals surface area contributed by atoms with E-state index in [1.54, 1.807) is 61.3 Å². The van der Waals surface area contributed by atoms with Crippen LogP contribution in [0, 0.1) is 11.6 Å². The fourth-order valence-electron chi connectivity index (χ4n) is 4.78. The molecular weight excluding hydrogens is 626 g/mol. The zero-order valence-corrected chi connectivity index (χ0v) is 26.7. The zero-order valence-electron chi connectivity index (χ0n) is 25.2. The summed E-state index contributed by atoms with van der Waals surface area (Å²) in [5.74, 6) is -0.626. The van der Waals surface area contributed by atoms with Crippen LogP contribution in [0.2, 0.25) is 5.02 Å². The van der Waals surface area contributed by atoms with Crippen molar-refractivity contribution in [3.8, 4) is 17.2 Å². The third-order valence-corrected chi connectivity index (χ3v) is 9.26. The van der Waals surface area contributed by atoms with E-state index in [9.17, 15) is 17.6 Å². The Morgan fingerprint density at radius 3 is 2.27 bits per heavy atom. The van der Waals surface area contributed by atoms with E-state index in [-0.39, 0.29) is 17.4 Å². The fraction of sp³-hybridized carbons (Fsp3) is 0.242. The molecule has 4 rings (SSSR count). The molecule has 0 aliphatic heterocycles. The van der Waals surface area contributed by atoms with Gasteiger partial charge in [0.05, 0.1) is 37.5 Å². The topological polar surface area (TPSA) is 85.4 Å². The van der Waals surface area contributed by atoms with Crippen LogP contribution in [0.4, 0.5) is 14.5 Å². The summed E-state index contributed by atoms with van der Waals surface area (Å²) in [5.41, 5.74) is 0.401. The third-order valence-electron chi connectivity index (χ3n) is 7.11. The van der Waals surface area contributed by atoms with E-state index >= 15 is 4.39 Å². The minimum absolute atomic E-state index is 0.150. The van der Waals surface area contributed by atoms with Gasteiger partial charge in [-0.15, -0.1) is 0 Å². The summed E-state index contributed by atoms with van der Waals surface area (Å²) in [6, 6.07) is 18.7. The molecule has 0 aliphatic carbocycles. The number of halogens is 3. The van der Waals surface area contributed by atoms with Gasteiger partial charge < -0.3 is 19.1 Å². The molecule has 0 heterocycles. The van der Waals surface area contributed by atoms with Crippen LogP contribution < -0.4 is 18.5 Å². The highest BCUT2D eigenvalue weighted by atomic mass is 35.5. The Hall–Kier alpha value is -4.35. The molecular formula is C33H33ClF2N2O6S. The van der Waals surface area contributed by atoms with Gasteiger partial charge in [-0.25, -0.2) is 17.2 Å². The van der Waals surface area contributed by atoms with Gasteiger partial charge in [-0.1, -0.05) is 29.8 Å². The number of amides is 1. The van der Waals surface area contributed by atoms with Gasteiger partial charge in [-0.2, -0.15) is 0 Å². The average Bonchev–Trinajstić information content (AvgIpc) is 3.04. The molecule has 0 radical (unpaired) electrons. The molecule has 0 aromatic heterocycles. The lowest BCUT2D eigenvalue weighted by Crippen LogP contribution is -2.34. The summed E-state index contributed by atoms with van der Waals surface area (Å²) in [6.07, 6.45) is 0.448. The van der Waals surface area contributed by atoms with Crippen molar-refractivity contribution in [3.05, 3.63) is 113 Å². The molecule has 0 fully saturated rings. The Morgan fingerprint density at radius 1 is 0.889 bits per heavy atom. The van der Waals surface area contributed by atoms with Crippen molar-refractivity contribution < 1.29 is 36.2 Å². The largest absolute Gasteiger partial charge is 0.493 e. The van der Waals surface area contributed by atoms with Crippen LogP contribution in [-0.4, -0.2) is 53.6 Å². The molecule has 1 unspecified atom stereocenters. The quantitative estimate of drug-likeness (QED) is 0.142. The molecule has 45 heavy (non-hydrogen) atoms. The minimum atomic E-state index is -4.40. The van der Waals surface area contributed by atoms with E-state index in [0.29, 0.717) is 46.4 Å². The second-order valence-electron chi connectivity index (χ2n) is 10.1. The molecule has 0 saturated carbocycles. The van der Waals surface area contributed by atoms with Gasteiger partial charge in [0.25, 0.3) is 15.9 Å². The van der Waals surface area contributed by atoms with Crippen molar-refractivity contribution in [1.82, 2.24) is 4.90 Å². The Kier molecular flexibility index (Phi) is 10.9. The van der Waals surface area contributed by atoms with Gasteiger partial charge in [0, 0.05) is 35.8 Å². The van der Waals surface area contributed by atoms with Crippen LogP contribution in [0.5, 0.6) is 17.2 Å². The number of para-hydroxylation sites is 1. The lowest BCUT2D eigenvalue weighted by molar-refractivity contribution is 0.0787. The average molecular weight is 659 g/mol. The number of methoxy groups -OCH3 is 2. The van der Waals surface area contributed by atoms with Crippen molar-refractivity contribution in [2.24, 2.45) is 0 Å². The number of benzene rings is 4. The first kappa shape index (κ1) is 33.5. The van der Waals surface area contributed by atoms with Crippen LogP contribution in [0.3, 0.4) is 0 Å². The normalized spacial score (nSPS) is 11.9. The van der Waals surface area contributed by atoms with E-state index in [0.717, 1.165) is 22.5 Å². The van der Waals surface area contributed by atoms with Crippen LogP contribution >= 0.6 is 11.6 Å². The van der Waals surface area contributed by atoms with Crippen molar-refractivity contribution >= 4 is 33.2 Å². The van der Waals surface area contributed by atoms with Crippen molar-refractivity contribution in [2.45, 2.75) is 24.3 Å². The first-order chi connectivity index (χ1) is 21.5. The van der Waals surface area contributed by atoms with Gasteiger partial charge in [0.1, 0.15) is 17.4 Å². The van der Waals surface area contributed by atoms with Crippen LogP contribution in [0.25, 0.3) is 0 Å². The number of sulfonamides is 1. The maximum absolute atomic E-state index is 15.1. The van der Waals surface area contributed by atoms with E-state index < -0.39 is 33.4 Å². The monoisotopic (exact) mass is 658 g/mol. The van der Waals surface area contributed by atoms with Crippen molar-refractivity contribution in [1.29, 1.82) is 0 Å². The Morgan fingerprint density at radius 2 is 1.58 bits per heavy atom. The van der Waals surface area contributed by atoms with Gasteiger partial charge >= 0.3 is 0 Å². The first-order valence-electron chi connectivity index (χ1n) is 13.9. The van der Waals surface area contributed by atoms with E-state index in [4.69, 9.17) is 25.8 Å². The fourth-order valence-corrected chi connectivity index (χ4v) is 6.54. The summed E-state index contributed by atoms with van der Waals surface area (Å²) >= 11 is 5.97. The molecule has 238 valence electrons. The number of ether oxygens (including phenoxy) is 3. The molecule has 1 amide bonds. The van der Waals surface area contributed by atoms with Gasteiger partial charge in [-0.05, 0) is 74.0 Å². The number of nitrogens with zero attached hydrogens (tertiary/aromatic N) is 2. The van der Waals surface area contributed by atoms with Gasteiger partial charge in [0.15, 0.2) is 11.5 Å². The molecule has 0 aliphatic rings. The molecule has 0 saturated heterocycles. The number of rotatable bonds is 13. The summed E-state index contributed by atoms with van der Waals surface area (Å²) in [7, 11) is 0.271. The lowest BCUT2D eigenvalue weighted by atomic mass is 10.1. The second-order valence-corrected chi connectivity index (χ2v) is 12.3. The molecule has 1 atom stereocenters. The Bertz CT molecular complexity index is 1750. The van der Waals surface area contributed by atoms with Crippen LogP contribution in [0.15, 0.2) is 89.8 Å². The molecule has 0 N–H and O–H groups in total. The first-order valence-corrected chi connectivity index (χ1v) is 15.7. The standard InChI is InChI=1S/C33H33ClF2N2O6S/c1-22(38(29-21-25(35)13-16-28(29)36)45(40,41)26-14-11-24(34)12-15-26)27-8-5-6-9-30(27)44-19-7-18-37(2)33(39)23-10-17-31(42-3)32(20-23)43-4/h5-6,8-17,20-22H,7,18-19H2,1-4H3. The number of hydrogen-bond acceptors (Lipinski definition) is 6. The third kappa shape index (κ3) is 7.66. The van der Waals surface area contributed by atoms with Crippen LogP contribution in [-0.2, 0) is 10.0 Å². The summed E-state index contributed by atoms with van der Waals surface area (Å²) in [6.45, 7) is 2.11. The molecule has 0 bridgehead atoms. The maximum atomic E-state index is 15.1. The predicted molar refractivity (Wildman–Crippen MR) is 169 cm³/mol. The molecule has 8 nitrogen and oxygen atoms in total. The van der Waals surface area contributed by atoms with Crippen LogP contribution in [0.1, 0.15) is 35.3 Å². The maximum Gasteiger partial charge on any atom is 0.264 e. The number of anilines is 1. The number of carbonyl (C=O) groups excluding carboxylic acids is 1. The van der Waals surface area contributed by atoms with E-state index in [1.165, 1.54) is 38.5 Å². The highest BCUT2D eigenvalue weighted by Gasteiger charge is 2.34. The highest BCUT2D eigenvalue weighted by Crippen LogP contribution is 2.38. The molecule has 4 aromatic carbocycles. The summed E-state index contributed by atoms with van der Waals surface area (Å²) in [5, 5.41) is 0.320. The van der Waals surface area contributed by atoms with E-state index in [2.05, 4.69) is 0 Å². The summed E-state index contributed by atoms with van der Waals surface area (Å²) < 4.78 is 74.7. The zero-order chi connectivity index (χ0) is 32.7. The predicted octanol–water partition coefficient (Wildman–Crippen LogP) is 7.13. The molecule has 0 spiro atoms.